The number of anilines is 1. The number of hydrogen-bond donors (Lipinski definition) is 1. The van der Waals surface area contributed by atoms with E-state index in [1.165, 1.54) is 4.40 Å². The summed E-state index contributed by atoms with van der Waals surface area (Å²) < 4.78 is 26.8. The van der Waals surface area contributed by atoms with Gasteiger partial charge in [0.05, 0.1) is 30.0 Å². The standard InChI is InChI=1S/C24H32FN3O5/c1-7-15-11-17(22(30)32-8-2)21(29)28-13-18(25)20(14(3)19(15)28)27-10-9-16(12-27)26-23(31)33-24(4,5)6/h11,13,16H,7-10,12H2,1-6H3,(H,26,31). The van der Waals surface area contributed by atoms with Gasteiger partial charge in [-0.05, 0) is 64.7 Å². The Hall–Kier alpha value is -3.10. The van der Waals surface area contributed by atoms with Crippen molar-refractivity contribution in [3.05, 3.63) is 45.1 Å². The third-order valence-corrected chi connectivity index (χ3v) is 5.59. The number of hydrogen-bond acceptors (Lipinski definition) is 6. The molecule has 0 spiro atoms. The minimum absolute atomic E-state index is 0.111. The lowest BCUT2D eigenvalue weighted by Crippen LogP contribution is -2.40. The summed E-state index contributed by atoms with van der Waals surface area (Å²) in [6.07, 6.45) is 1.82. The van der Waals surface area contributed by atoms with Gasteiger partial charge in [-0.25, -0.2) is 14.0 Å². The Morgan fingerprint density at radius 1 is 1.27 bits per heavy atom. The van der Waals surface area contributed by atoms with Crippen molar-refractivity contribution in [2.45, 2.75) is 66.0 Å². The summed E-state index contributed by atoms with van der Waals surface area (Å²) in [7, 11) is 0. The number of ether oxygens (including phenoxy) is 2. The van der Waals surface area contributed by atoms with Crippen molar-refractivity contribution in [1.29, 1.82) is 0 Å². The second-order valence-corrected chi connectivity index (χ2v) is 9.21. The first-order valence-electron chi connectivity index (χ1n) is 11.3. The van der Waals surface area contributed by atoms with Crippen molar-refractivity contribution < 1.29 is 23.5 Å². The zero-order valence-electron chi connectivity index (χ0n) is 20.1. The number of pyridine rings is 2. The van der Waals surface area contributed by atoms with Gasteiger partial charge in [0.25, 0.3) is 5.56 Å². The maximum absolute atomic E-state index is 15.3. The molecule has 9 heteroatoms. The molecule has 33 heavy (non-hydrogen) atoms. The number of amides is 1. The fraction of sp³-hybridized carbons (Fsp3) is 0.542. The van der Waals surface area contributed by atoms with E-state index in [1.807, 2.05) is 11.8 Å². The average Bonchev–Trinajstić information content (AvgIpc) is 3.15. The number of halogens is 1. The van der Waals surface area contributed by atoms with Crippen LogP contribution in [0.4, 0.5) is 14.9 Å². The Balaban J connectivity index is 1.97. The Bertz CT molecular complexity index is 1140. The molecule has 1 saturated heterocycles. The minimum atomic E-state index is -0.718. The van der Waals surface area contributed by atoms with Crippen LogP contribution in [0, 0.1) is 12.7 Å². The van der Waals surface area contributed by atoms with Crippen LogP contribution >= 0.6 is 0 Å². The van der Waals surface area contributed by atoms with Crippen LogP contribution in [0.3, 0.4) is 0 Å². The second-order valence-electron chi connectivity index (χ2n) is 9.21. The highest BCUT2D eigenvalue weighted by Gasteiger charge is 2.30. The van der Waals surface area contributed by atoms with E-state index in [1.54, 1.807) is 40.7 Å². The summed E-state index contributed by atoms with van der Waals surface area (Å²) in [4.78, 5) is 39.2. The number of alkyl carbamates (subject to hydrolysis) is 1. The van der Waals surface area contributed by atoms with Gasteiger partial charge in [0.2, 0.25) is 0 Å². The first kappa shape index (κ1) is 24.5. The van der Waals surface area contributed by atoms with Crippen LogP contribution in [0.1, 0.15) is 62.5 Å². The molecule has 3 heterocycles. The zero-order valence-corrected chi connectivity index (χ0v) is 20.1. The van der Waals surface area contributed by atoms with Gasteiger partial charge in [-0.2, -0.15) is 0 Å². The first-order valence-corrected chi connectivity index (χ1v) is 11.3. The van der Waals surface area contributed by atoms with E-state index >= 15 is 4.39 Å². The number of esters is 1. The van der Waals surface area contributed by atoms with Crippen molar-refractivity contribution in [2.24, 2.45) is 0 Å². The van der Waals surface area contributed by atoms with Gasteiger partial charge in [-0.1, -0.05) is 6.92 Å². The molecule has 2 aromatic rings. The number of nitrogens with zero attached hydrogens (tertiary/aromatic N) is 2. The summed E-state index contributed by atoms with van der Waals surface area (Å²) in [6.45, 7) is 11.8. The maximum Gasteiger partial charge on any atom is 0.407 e. The average molecular weight is 462 g/mol. The van der Waals surface area contributed by atoms with Crippen LogP contribution in [-0.2, 0) is 15.9 Å². The molecule has 180 valence electrons. The lowest BCUT2D eigenvalue weighted by molar-refractivity contribution is 0.0503. The van der Waals surface area contributed by atoms with Crippen molar-refractivity contribution in [2.75, 3.05) is 24.6 Å². The fourth-order valence-electron chi connectivity index (χ4n) is 4.27. The lowest BCUT2D eigenvalue weighted by Gasteiger charge is -2.25. The summed E-state index contributed by atoms with van der Waals surface area (Å²) in [5.74, 6) is -1.28. The Morgan fingerprint density at radius 2 is 1.97 bits per heavy atom. The molecule has 2 aromatic heterocycles. The van der Waals surface area contributed by atoms with Gasteiger partial charge >= 0.3 is 12.1 Å². The highest BCUT2D eigenvalue weighted by molar-refractivity contribution is 5.90. The highest BCUT2D eigenvalue weighted by Crippen LogP contribution is 2.32. The van der Waals surface area contributed by atoms with Crippen molar-refractivity contribution in [1.82, 2.24) is 9.72 Å². The summed E-state index contributed by atoms with van der Waals surface area (Å²) in [6, 6.07) is 1.36. The number of aromatic nitrogens is 1. The molecule has 0 saturated carbocycles. The zero-order chi connectivity index (χ0) is 24.5. The SMILES string of the molecule is CCOC(=O)c1cc(CC)c2c(C)c(N3CCC(NC(=O)OC(C)(C)C)C3)c(F)cn2c1=O. The molecule has 0 bridgehead atoms. The van der Waals surface area contributed by atoms with Crippen LogP contribution in [0.15, 0.2) is 17.1 Å². The lowest BCUT2D eigenvalue weighted by atomic mass is 10.0. The smallest absolute Gasteiger partial charge is 0.407 e. The fourth-order valence-corrected chi connectivity index (χ4v) is 4.27. The van der Waals surface area contributed by atoms with E-state index in [0.29, 0.717) is 42.7 Å². The molecular weight excluding hydrogens is 429 g/mol. The van der Waals surface area contributed by atoms with E-state index in [4.69, 9.17) is 9.47 Å². The Kier molecular flexibility index (Phi) is 7.00. The normalized spacial score (nSPS) is 16.2. The van der Waals surface area contributed by atoms with Crippen LogP contribution in [0.25, 0.3) is 5.52 Å². The minimum Gasteiger partial charge on any atom is -0.462 e. The molecular formula is C24H32FN3O5. The van der Waals surface area contributed by atoms with Gasteiger partial charge in [-0.3, -0.25) is 9.20 Å². The van der Waals surface area contributed by atoms with Crippen LogP contribution < -0.4 is 15.8 Å². The Morgan fingerprint density at radius 3 is 2.58 bits per heavy atom. The molecule has 1 unspecified atom stereocenters. The molecule has 1 fully saturated rings. The highest BCUT2D eigenvalue weighted by atomic mass is 19.1. The summed E-state index contributed by atoms with van der Waals surface area (Å²) in [5, 5.41) is 2.84. The first-order chi connectivity index (χ1) is 15.5. The number of carbonyl (C=O) groups is 2. The monoisotopic (exact) mass is 461 g/mol. The van der Waals surface area contributed by atoms with Gasteiger partial charge in [0.1, 0.15) is 11.2 Å². The second kappa shape index (κ2) is 9.41. The van der Waals surface area contributed by atoms with Crippen molar-refractivity contribution in [3.8, 4) is 0 Å². The van der Waals surface area contributed by atoms with E-state index in [-0.39, 0.29) is 18.2 Å². The molecule has 0 aliphatic carbocycles. The molecule has 1 aliphatic heterocycles. The van der Waals surface area contributed by atoms with Crippen molar-refractivity contribution >= 4 is 23.3 Å². The summed E-state index contributed by atoms with van der Waals surface area (Å²) >= 11 is 0. The van der Waals surface area contributed by atoms with Gasteiger partial charge in [0.15, 0.2) is 5.82 Å². The molecule has 0 radical (unpaired) electrons. The third-order valence-electron chi connectivity index (χ3n) is 5.59. The topological polar surface area (TPSA) is 89.3 Å². The molecule has 3 rings (SSSR count). The maximum atomic E-state index is 15.3. The Labute approximate surface area is 192 Å². The molecule has 0 aromatic carbocycles. The largest absolute Gasteiger partial charge is 0.462 e. The van der Waals surface area contributed by atoms with Crippen LogP contribution in [0.2, 0.25) is 0 Å². The van der Waals surface area contributed by atoms with Gasteiger partial charge in [0, 0.05) is 13.1 Å². The van der Waals surface area contributed by atoms with Crippen LogP contribution in [0.5, 0.6) is 0 Å². The predicted octanol–water partition coefficient (Wildman–Crippen LogP) is 3.59. The summed E-state index contributed by atoms with van der Waals surface area (Å²) in [5.41, 5.74) is 1.00. The molecule has 1 atom stereocenters. The van der Waals surface area contributed by atoms with Crippen molar-refractivity contribution in [3.63, 3.8) is 0 Å². The molecule has 1 aliphatic rings. The van der Waals surface area contributed by atoms with Gasteiger partial charge < -0.3 is 19.7 Å². The molecule has 1 N–H and O–H groups in total. The van der Waals surface area contributed by atoms with Crippen LogP contribution in [-0.4, -0.2) is 47.8 Å². The predicted molar refractivity (Wildman–Crippen MR) is 124 cm³/mol. The number of aryl methyl sites for hydroxylation is 2. The van der Waals surface area contributed by atoms with E-state index in [9.17, 15) is 14.4 Å². The van der Waals surface area contributed by atoms with E-state index < -0.39 is 29.0 Å². The number of nitrogens with one attached hydrogen (secondary N) is 1. The third kappa shape index (κ3) is 5.12. The van der Waals surface area contributed by atoms with E-state index in [2.05, 4.69) is 5.32 Å². The number of fused-ring (bicyclic) bond motifs is 1. The molecule has 1 amide bonds. The quantitative estimate of drug-likeness (QED) is 0.685. The molecule has 8 nitrogen and oxygen atoms in total. The number of rotatable bonds is 5. The van der Waals surface area contributed by atoms with E-state index in [0.717, 1.165) is 11.8 Å². The van der Waals surface area contributed by atoms with Gasteiger partial charge in [-0.15, -0.1) is 0 Å². The number of carbonyl (C=O) groups excluding carboxylic acids is 2.